The molecule has 0 bridgehead atoms. The van der Waals surface area contributed by atoms with Gasteiger partial charge in [0.15, 0.2) is 0 Å². The van der Waals surface area contributed by atoms with Crippen molar-refractivity contribution in [3.8, 4) is 0 Å². The normalized spacial score (nSPS) is 24.8. The van der Waals surface area contributed by atoms with Gasteiger partial charge >= 0.3 is 6.11 Å². The number of halogens is 2. The molecule has 2 saturated carbocycles. The summed E-state index contributed by atoms with van der Waals surface area (Å²) in [5.74, 6) is 2.59. The molecule has 0 amide bonds. The molecule has 0 atom stereocenters. The van der Waals surface area contributed by atoms with E-state index in [-0.39, 0.29) is 6.61 Å². The van der Waals surface area contributed by atoms with Crippen LogP contribution in [0.15, 0.2) is 73.3 Å². The van der Waals surface area contributed by atoms with E-state index in [2.05, 4.69) is 43.9 Å². The lowest BCUT2D eigenvalue weighted by atomic mass is 9.77. The van der Waals surface area contributed by atoms with Gasteiger partial charge < -0.3 is 4.74 Å². The number of rotatable bonds is 11. The Hall–Kier alpha value is -2.26. The fourth-order valence-electron chi connectivity index (χ4n) is 6.24. The van der Waals surface area contributed by atoms with Gasteiger partial charge in [0.1, 0.15) is 0 Å². The minimum Gasteiger partial charge on any atom is -0.315 e. The highest BCUT2D eigenvalue weighted by Gasteiger charge is 2.31. The molecule has 3 heteroatoms. The van der Waals surface area contributed by atoms with Crippen LogP contribution >= 0.6 is 0 Å². The molecule has 0 aliphatic heterocycles. The van der Waals surface area contributed by atoms with Crippen molar-refractivity contribution in [3.05, 3.63) is 95.6 Å². The van der Waals surface area contributed by atoms with Crippen molar-refractivity contribution in [2.45, 2.75) is 102 Å². The van der Waals surface area contributed by atoms with Gasteiger partial charge in [0, 0.05) is 0 Å². The summed E-state index contributed by atoms with van der Waals surface area (Å²) in [7, 11) is 0. The van der Waals surface area contributed by atoms with E-state index >= 15 is 0 Å². The Kier molecular flexibility index (Phi) is 10.1. The van der Waals surface area contributed by atoms with Crippen LogP contribution in [0.4, 0.5) is 8.78 Å². The van der Waals surface area contributed by atoms with E-state index in [4.69, 9.17) is 4.74 Å². The van der Waals surface area contributed by atoms with Crippen LogP contribution < -0.4 is 0 Å². The molecule has 2 aromatic rings. The van der Waals surface area contributed by atoms with Crippen LogP contribution in [-0.2, 0) is 17.8 Å². The third kappa shape index (κ3) is 8.37. The second kappa shape index (κ2) is 13.5. The summed E-state index contributed by atoms with van der Waals surface area (Å²) in [6.07, 6.45) is 15.0. The molecular formula is C34H44F2O. The summed E-state index contributed by atoms with van der Waals surface area (Å²) >= 11 is 0. The van der Waals surface area contributed by atoms with E-state index < -0.39 is 12.5 Å². The lowest BCUT2D eigenvalue weighted by Gasteiger charge is -2.28. The number of allylic oxidation sites excluding steroid dienone is 3. The molecule has 0 unspecified atom stereocenters. The van der Waals surface area contributed by atoms with Gasteiger partial charge in [-0.05, 0) is 117 Å². The highest BCUT2D eigenvalue weighted by molar-refractivity contribution is 5.27. The van der Waals surface area contributed by atoms with Gasteiger partial charge in [-0.3, -0.25) is 0 Å². The third-order valence-corrected chi connectivity index (χ3v) is 8.69. The van der Waals surface area contributed by atoms with Crippen LogP contribution in [-0.4, -0.2) is 6.11 Å². The summed E-state index contributed by atoms with van der Waals surface area (Å²) < 4.78 is 34.3. The van der Waals surface area contributed by atoms with E-state index in [0.717, 1.165) is 24.3 Å². The lowest BCUT2D eigenvalue weighted by Crippen LogP contribution is -2.23. The minimum atomic E-state index is -3.19. The number of hydrogen-bond donors (Lipinski definition) is 0. The molecule has 37 heavy (non-hydrogen) atoms. The SMILES string of the molecule is C=CC1CCC(c2ccc(CC(F)(F)OCc3ccc(C4CCC(CC/C=C/C)CC4)cc3)cc2)CC1. The van der Waals surface area contributed by atoms with Gasteiger partial charge in [0.05, 0.1) is 13.0 Å². The predicted octanol–water partition coefficient (Wildman–Crippen LogP) is 10.1. The van der Waals surface area contributed by atoms with E-state index in [9.17, 15) is 8.78 Å². The van der Waals surface area contributed by atoms with Crippen LogP contribution in [0.2, 0.25) is 0 Å². The molecule has 0 spiro atoms. The molecule has 0 saturated heterocycles. The molecule has 0 aromatic heterocycles. The summed E-state index contributed by atoms with van der Waals surface area (Å²) in [6.45, 7) is 5.92. The summed E-state index contributed by atoms with van der Waals surface area (Å²) in [5.41, 5.74) is 4.01. The largest absolute Gasteiger partial charge is 0.360 e. The molecule has 4 rings (SSSR count). The molecule has 0 N–H and O–H groups in total. The van der Waals surface area contributed by atoms with Crippen molar-refractivity contribution >= 4 is 0 Å². The molecule has 0 heterocycles. The Labute approximate surface area is 223 Å². The first-order chi connectivity index (χ1) is 18.0. The van der Waals surface area contributed by atoms with Crippen molar-refractivity contribution in [2.24, 2.45) is 11.8 Å². The van der Waals surface area contributed by atoms with Gasteiger partial charge in [-0.25, -0.2) is 0 Å². The van der Waals surface area contributed by atoms with Crippen molar-refractivity contribution in [1.29, 1.82) is 0 Å². The third-order valence-electron chi connectivity index (χ3n) is 8.69. The first kappa shape index (κ1) is 27.8. The number of ether oxygens (including phenoxy) is 1. The molecule has 0 radical (unpaired) electrons. The fourth-order valence-corrected chi connectivity index (χ4v) is 6.24. The van der Waals surface area contributed by atoms with E-state index in [1.165, 1.54) is 62.5 Å². The van der Waals surface area contributed by atoms with Gasteiger partial charge in [0.25, 0.3) is 0 Å². The molecule has 2 aromatic carbocycles. The maximum atomic E-state index is 14.6. The van der Waals surface area contributed by atoms with Crippen LogP contribution in [0.5, 0.6) is 0 Å². The minimum absolute atomic E-state index is 0.0738. The quantitative estimate of drug-likeness (QED) is 0.275. The van der Waals surface area contributed by atoms with Crippen LogP contribution in [0.1, 0.15) is 105 Å². The van der Waals surface area contributed by atoms with Gasteiger partial charge in [-0.15, -0.1) is 6.58 Å². The Morgan fingerprint density at radius 3 is 1.89 bits per heavy atom. The van der Waals surface area contributed by atoms with Crippen LogP contribution in [0, 0.1) is 11.8 Å². The highest BCUT2D eigenvalue weighted by atomic mass is 19.3. The Morgan fingerprint density at radius 2 is 1.35 bits per heavy atom. The zero-order chi connectivity index (χ0) is 26.1. The topological polar surface area (TPSA) is 9.23 Å². The standard InChI is InChI=1S/C34H44F2O/c1-3-5-6-7-27-10-18-31(19-11-27)33-22-14-29(15-23-33)25-37-34(35,36)24-28-12-20-32(21-13-28)30-16-8-26(4-2)9-17-30/h3-5,12-15,20-23,26-27,30-31H,2,6-11,16-19,24-25H2,1H3/b5-3+. The van der Waals surface area contributed by atoms with Crippen molar-refractivity contribution in [2.75, 3.05) is 0 Å². The summed E-state index contributed by atoms with van der Waals surface area (Å²) in [6, 6.07) is 15.9. The Balaban J connectivity index is 1.21. The monoisotopic (exact) mass is 506 g/mol. The average Bonchev–Trinajstić information content (AvgIpc) is 2.93. The molecule has 1 nitrogen and oxygen atoms in total. The molecule has 200 valence electrons. The highest BCUT2D eigenvalue weighted by Crippen LogP contribution is 2.38. The first-order valence-electron chi connectivity index (χ1n) is 14.4. The number of benzene rings is 2. The van der Waals surface area contributed by atoms with Crippen molar-refractivity contribution < 1.29 is 13.5 Å². The number of hydrogen-bond acceptors (Lipinski definition) is 1. The summed E-state index contributed by atoms with van der Waals surface area (Å²) in [4.78, 5) is 0. The van der Waals surface area contributed by atoms with E-state index in [1.54, 1.807) is 0 Å². The maximum absolute atomic E-state index is 14.6. The Morgan fingerprint density at radius 1 is 0.811 bits per heavy atom. The second-order valence-electron chi connectivity index (χ2n) is 11.3. The zero-order valence-corrected chi connectivity index (χ0v) is 22.5. The smallest absolute Gasteiger partial charge is 0.315 e. The van der Waals surface area contributed by atoms with Crippen LogP contribution in [0.3, 0.4) is 0 Å². The number of alkyl halides is 2. The van der Waals surface area contributed by atoms with Crippen LogP contribution in [0.25, 0.3) is 0 Å². The van der Waals surface area contributed by atoms with Gasteiger partial charge in [-0.2, -0.15) is 8.78 Å². The average molecular weight is 507 g/mol. The lowest BCUT2D eigenvalue weighted by molar-refractivity contribution is -0.244. The molecular weight excluding hydrogens is 462 g/mol. The van der Waals surface area contributed by atoms with Gasteiger partial charge in [0.2, 0.25) is 0 Å². The fraction of sp³-hybridized carbons (Fsp3) is 0.529. The summed E-state index contributed by atoms with van der Waals surface area (Å²) in [5, 5.41) is 0. The second-order valence-corrected chi connectivity index (χ2v) is 11.3. The maximum Gasteiger partial charge on any atom is 0.360 e. The Bertz CT molecular complexity index is 975. The molecule has 2 aliphatic carbocycles. The van der Waals surface area contributed by atoms with E-state index in [0.29, 0.717) is 23.3 Å². The van der Waals surface area contributed by atoms with E-state index in [1.807, 2.05) is 36.4 Å². The van der Waals surface area contributed by atoms with Gasteiger partial charge in [-0.1, -0.05) is 66.8 Å². The first-order valence-corrected chi connectivity index (χ1v) is 14.4. The van der Waals surface area contributed by atoms with Crippen molar-refractivity contribution in [1.82, 2.24) is 0 Å². The van der Waals surface area contributed by atoms with Crippen molar-refractivity contribution in [3.63, 3.8) is 0 Å². The zero-order valence-electron chi connectivity index (χ0n) is 22.5. The molecule has 2 aliphatic rings. The molecule has 2 fully saturated rings. The predicted molar refractivity (Wildman–Crippen MR) is 150 cm³/mol.